The van der Waals surface area contributed by atoms with Gasteiger partial charge < -0.3 is 4.74 Å². The Hall–Kier alpha value is -1.82. The van der Waals surface area contributed by atoms with Crippen molar-refractivity contribution in [3.63, 3.8) is 0 Å². The van der Waals surface area contributed by atoms with Gasteiger partial charge >= 0.3 is 0 Å². The van der Waals surface area contributed by atoms with Gasteiger partial charge in [-0.25, -0.2) is 0 Å². The largest absolute Gasteiger partial charge is 0.377 e. The number of thioether (sulfide) groups is 1. The van der Waals surface area contributed by atoms with Crippen LogP contribution in [0.25, 0.3) is 17.1 Å². The molecule has 134 valence electrons. The molecule has 4 rings (SSSR count). The van der Waals surface area contributed by atoms with Crippen molar-refractivity contribution in [1.82, 2.24) is 14.8 Å². The Morgan fingerprint density at radius 1 is 1.04 bits per heavy atom. The zero-order valence-electron chi connectivity index (χ0n) is 14.3. The monoisotopic (exact) mass is 385 g/mol. The van der Waals surface area contributed by atoms with Gasteiger partial charge in [-0.05, 0) is 43.5 Å². The van der Waals surface area contributed by atoms with Gasteiger partial charge in [0.15, 0.2) is 11.0 Å². The molecule has 0 radical (unpaired) electrons. The van der Waals surface area contributed by atoms with Crippen LogP contribution in [0.3, 0.4) is 0 Å². The number of rotatable bonds is 5. The van der Waals surface area contributed by atoms with Gasteiger partial charge in [-0.2, -0.15) is 0 Å². The number of aromatic nitrogens is 3. The van der Waals surface area contributed by atoms with E-state index in [9.17, 15) is 0 Å². The van der Waals surface area contributed by atoms with Crippen molar-refractivity contribution in [2.24, 2.45) is 0 Å². The Morgan fingerprint density at radius 2 is 1.85 bits per heavy atom. The third-order valence-electron chi connectivity index (χ3n) is 4.42. The Balaban J connectivity index is 1.67. The summed E-state index contributed by atoms with van der Waals surface area (Å²) in [6, 6.07) is 17.9. The topological polar surface area (TPSA) is 39.9 Å². The Morgan fingerprint density at radius 3 is 2.58 bits per heavy atom. The molecule has 0 amide bonds. The highest BCUT2D eigenvalue weighted by molar-refractivity contribution is 7.99. The van der Waals surface area contributed by atoms with E-state index in [0.717, 1.165) is 41.0 Å². The first-order valence-corrected chi connectivity index (χ1v) is 10.2. The lowest BCUT2D eigenvalue weighted by Gasteiger charge is -2.22. The average molecular weight is 386 g/mol. The summed E-state index contributed by atoms with van der Waals surface area (Å²) in [7, 11) is 0. The lowest BCUT2D eigenvalue weighted by molar-refractivity contribution is 0.0315. The van der Waals surface area contributed by atoms with Gasteiger partial charge in [0, 0.05) is 28.6 Å². The molecule has 1 fully saturated rings. The number of hydrogen-bond acceptors (Lipinski definition) is 4. The van der Waals surface area contributed by atoms with Crippen molar-refractivity contribution >= 4 is 23.4 Å². The molecule has 0 spiro atoms. The summed E-state index contributed by atoms with van der Waals surface area (Å²) in [4.78, 5) is 0. The van der Waals surface area contributed by atoms with E-state index in [4.69, 9.17) is 16.3 Å². The van der Waals surface area contributed by atoms with Crippen LogP contribution < -0.4 is 0 Å². The van der Waals surface area contributed by atoms with E-state index in [1.54, 1.807) is 11.8 Å². The molecular weight excluding hydrogens is 366 g/mol. The van der Waals surface area contributed by atoms with Crippen molar-refractivity contribution in [1.29, 1.82) is 0 Å². The molecular formula is C20H20ClN3OS. The van der Waals surface area contributed by atoms with Crippen molar-refractivity contribution in [2.45, 2.75) is 30.5 Å². The van der Waals surface area contributed by atoms with E-state index < -0.39 is 0 Å². The SMILES string of the molecule is Clc1ccc(-n2c(SCC3CCCCO3)nnc2-c2ccccc2)cc1. The third-order valence-corrected chi connectivity index (χ3v) is 5.74. The fourth-order valence-corrected chi connectivity index (χ4v) is 4.21. The predicted octanol–water partition coefficient (Wildman–Crippen LogP) is 5.25. The van der Waals surface area contributed by atoms with Crippen molar-refractivity contribution in [3.8, 4) is 17.1 Å². The van der Waals surface area contributed by atoms with Crippen molar-refractivity contribution in [2.75, 3.05) is 12.4 Å². The first-order valence-electron chi connectivity index (χ1n) is 8.82. The summed E-state index contributed by atoms with van der Waals surface area (Å²) in [5.41, 5.74) is 2.04. The van der Waals surface area contributed by atoms with Crippen molar-refractivity contribution in [3.05, 3.63) is 59.6 Å². The fourth-order valence-electron chi connectivity index (χ4n) is 3.07. The van der Waals surface area contributed by atoms with E-state index in [1.807, 2.05) is 42.5 Å². The van der Waals surface area contributed by atoms with Gasteiger partial charge in [-0.3, -0.25) is 4.57 Å². The second kappa shape index (κ2) is 8.25. The minimum absolute atomic E-state index is 0.296. The highest BCUT2D eigenvalue weighted by Gasteiger charge is 2.19. The van der Waals surface area contributed by atoms with Gasteiger partial charge in [0.05, 0.1) is 6.10 Å². The van der Waals surface area contributed by atoms with Gasteiger partial charge in [0.2, 0.25) is 0 Å². The minimum atomic E-state index is 0.296. The summed E-state index contributed by atoms with van der Waals surface area (Å²) in [5.74, 6) is 1.72. The molecule has 1 unspecified atom stereocenters. The first-order chi connectivity index (χ1) is 12.8. The standard InChI is InChI=1S/C20H20ClN3OS/c21-16-9-11-17(12-10-16)24-19(15-6-2-1-3-7-15)22-23-20(24)26-14-18-8-4-5-13-25-18/h1-3,6-7,9-12,18H,4-5,8,13-14H2. The number of ether oxygens (including phenoxy) is 1. The van der Waals surface area contributed by atoms with Crippen LogP contribution in [0.4, 0.5) is 0 Å². The second-order valence-corrected chi connectivity index (χ2v) is 7.71. The molecule has 2 aromatic carbocycles. The minimum Gasteiger partial charge on any atom is -0.377 e. The Kier molecular flexibility index (Phi) is 5.58. The lowest BCUT2D eigenvalue weighted by Crippen LogP contribution is -2.21. The van der Waals surface area contributed by atoms with Crippen LogP contribution in [-0.4, -0.2) is 33.2 Å². The van der Waals surface area contributed by atoms with Gasteiger partial charge in [-0.15, -0.1) is 10.2 Å². The molecule has 2 heterocycles. The maximum absolute atomic E-state index is 6.07. The van der Waals surface area contributed by atoms with E-state index in [-0.39, 0.29) is 0 Å². The summed E-state index contributed by atoms with van der Waals surface area (Å²) in [6.45, 7) is 0.865. The quantitative estimate of drug-likeness (QED) is 0.562. The van der Waals surface area contributed by atoms with E-state index in [1.165, 1.54) is 12.8 Å². The van der Waals surface area contributed by atoms with Crippen LogP contribution in [-0.2, 0) is 4.74 Å². The number of halogens is 1. The molecule has 1 saturated heterocycles. The lowest BCUT2D eigenvalue weighted by atomic mass is 10.1. The molecule has 1 atom stereocenters. The molecule has 3 aromatic rings. The highest BCUT2D eigenvalue weighted by atomic mass is 35.5. The molecule has 26 heavy (non-hydrogen) atoms. The van der Waals surface area contributed by atoms with Crippen LogP contribution in [0.1, 0.15) is 19.3 Å². The third kappa shape index (κ3) is 3.95. The maximum Gasteiger partial charge on any atom is 0.196 e. The molecule has 0 N–H and O–H groups in total. The Bertz CT molecular complexity index is 845. The molecule has 1 aliphatic heterocycles. The summed E-state index contributed by atoms with van der Waals surface area (Å²) in [6.07, 6.45) is 3.82. The fraction of sp³-hybridized carbons (Fsp3) is 0.300. The van der Waals surface area contributed by atoms with Crippen molar-refractivity contribution < 1.29 is 4.74 Å². The highest BCUT2D eigenvalue weighted by Crippen LogP contribution is 2.30. The second-order valence-electron chi connectivity index (χ2n) is 6.28. The zero-order valence-corrected chi connectivity index (χ0v) is 15.9. The molecule has 4 nitrogen and oxygen atoms in total. The summed E-state index contributed by atoms with van der Waals surface area (Å²) >= 11 is 7.77. The molecule has 0 bridgehead atoms. The zero-order chi connectivity index (χ0) is 17.8. The van der Waals surface area contributed by atoms with Crippen LogP contribution >= 0.6 is 23.4 Å². The van der Waals surface area contributed by atoms with Crippen LogP contribution in [0.15, 0.2) is 59.8 Å². The molecule has 0 saturated carbocycles. The van der Waals surface area contributed by atoms with Crippen LogP contribution in [0.2, 0.25) is 5.02 Å². The number of benzene rings is 2. The van der Waals surface area contributed by atoms with Gasteiger partial charge in [-0.1, -0.05) is 53.7 Å². The molecule has 0 aliphatic carbocycles. The molecule has 1 aliphatic rings. The van der Waals surface area contributed by atoms with Crippen LogP contribution in [0, 0.1) is 0 Å². The Labute approximate surface area is 162 Å². The van der Waals surface area contributed by atoms with E-state index in [2.05, 4.69) is 26.9 Å². The summed E-state index contributed by atoms with van der Waals surface area (Å²) in [5, 5.41) is 10.5. The van der Waals surface area contributed by atoms with Gasteiger partial charge in [0.25, 0.3) is 0 Å². The smallest absolute Gasteiger partial charge is 0.196 e. The first kappa shape index (κ1) is 17.6. The summed E-state index contributed by atoms with van der Waals surface area (Å²) < 4.78 is 7.95. The molecule has 6 heteroatoms. The predicted molar refractivity (Wildman–Crippen MR) is 106 cm³/mol. The normalized spacial score (nSPS) is 17.3. The van der Waals surface area contributed by atoms with E-state index in [0.29, 0.717) is 11.1 Å². The molecule has 1 aromatic heterocycles. The van der Waals surface area contributed by atoms with E-state index >= 15 is 0 Å². The number of hydrogen-bond donors (Lipinski definition) is 0. The van der Waals surface area contributed by atoms with Gasteiger partial charge in [0.1, 0.15) is 0 Å². The van der Waals surface area contributed by atoms with Crippen LogP contribution in [0.5, 0.6) is 0 Å². The maximum atomic E-state index is 6.07. The number of nitrogens with zero attached hydrogens (tertiary/aromatic N) is 3. The average Bonchev–Trinajstić information content (AvgIpc) is 3.12.